The lowest BCUT2D eigenvalue weighted by Gasteiger charge is -2.21. The first-order chi connectivity index (χ1) is 9.67. The Morgan fingerprint density at radius 3 is 2.38 bits per heavy atom. The number of esters is 1. The summed E-state index contributed by atoms with van der Waals surface area (Å²) >= 11 is 0. The lowest BCUT2D eigenvalue weighted by Crippen LogP contribution is -2.46. The van der Waals surface area contributed by atoms with Crippen molar-refractivity contribution in [3.05, 3.63) is 0 Å². The molecule has 0 bridgehead atoms. The van der Waals surface area contributed by atoms with Gasteiger partial charge in [0.05, 0.1) is 13.0 Å². The van der Waals surface area contributed by atoms with E-state index in [-0.39, 0.29) is 13.0 Å². The van der Waals surface area contributed by atoms with Crippen LogP contribution in [0.25, 0.3) is 0 Å². The second kappa shape index (κ2) is 7.40. The molecule has 0 unspecified atom stereocenters. The molecule has 0 aromatic carbocycles. The molecule has 0 aromatic heterocycles. The SMILES string of the molecule is CC(C)(C)OC(=O)C[C@H](NC(=O)CNCC1CC1)C(=O)O. The van der Waals surface area contributed by atoms with Crippen molar-refractivity contribution in [2.75, 3.05) is 13.1 Å². The number of nitrogens with one attached hydrogen (secondary N) is 2. The summed E-state index contributed by atoms with van der Waals surface area (Å²) in [5.41, 5.74) is -0.685. The highest BCUT2D eigenvalue weighted by molar-refractivity contribution is 5.87. The molecule has 7 heteroatoms. The normalized spacial score (nSPS) is 16.1. The maximum Gasteiger partial charge on any atom is 0.326 e. The maximum absolute atomic E-state index is 11.6. The Labute approximate surface area is 124 Å². The van der Waals surface area contributed by atoms with E-state index in [1.807, 2.05) is 0 Å². The van der Waals surface area contributed by atoms with E-state index in [9.17, 15) is 14.4 Å². The Bertz CT molecular complexity index is 399. The van der Waals surface area contributed by atoms with Gasteiger partial charge in [0, 0.05) is 0 Å². The Morgan fingerprint density at radius 2 is 1.90 bits per heavy atom. The molecule has 0 aromatic rings. The molecule has 0 saturated heterocycles. The van der Waals surface area contributed by atoms with E-state index >= 15 is 0 Å². The fourth-order valence-electron chi connectivity index (χ4n) is 1.71. The van der Waals surface area contributed by atoms with Gasteiger partial charge in [0.1, 0.15) is 11.6 Å². The summed E-state index contributed by atoms with van der Waals surface area (Å²) < 4.78 is 5.05. The zero-order valence-electron chi connectivity index (χ0n) is 12.8. The molecule has 0 spiro atoms. The number of carbonyl (C=O) groups is 3. The van der Waals surface area contributed by atoms with Crippen molar-refractivity contribution < 1.29 is 24.2 Å². The number of carboxylic acid groups (broad SMARTS) is 1. The van der Waals surface area contributed by atoms with Crippen LogP contribution in [0.3, 0.4) is 0 Å². The second-order valence-electron chi connectivity index (χ2n) is 6.32. The van der Waals surface area contributed by atoms with Crippen LogP contribution < -0.4 is 10.6 Å². The molecule has 3 N–H and O–H groups in total. The van der Waals surface area contributed by atoms with Crippen LogP contribution in [-0.4, -0.2) is 47.7 Å². The summed E-state index contributed by atoms with van der Waals surface area (Å²) in [6.45, 7) is 5.90. The van der Waals surface area contributed by atoms with Gasteiger partial charge in [-0.05, 0) is 46.1 Å². The highest BCUT2D eigenvalue weighted by Crippen LogP contribution is 2.27. The third kappa shape index (κ3) is 8.29. The van der Waals surface area contributed by atoms with Crippen molar-refractivity contribution in [3.8, 4) is 0 Å². The standard InChI is InChI=1S/C14H24N2O5/c1-14(2,3)21-12(18)6-10(13(19)20)16-11(17)8-15-7-9-4-5-9/h9-10,15H,4-8H2,1-3H3,(H,16,17)(H,19,20)/t10-/m0/s1. The quantitative estimate of drug-likeness (QED) is 0.556. The average Bonchev–Trinajstić information content (AvgIpc) is 3.09. The number of carbonyl (C=O) groups excluding carboxylic acids is 2. The van der Waals surface area contributed by atoms with E-state index in [2.05, 4.69) is 10.6 Å². The molecule has 1 aliphatic rings. The summed E-state index contributed by atoms with van der Waals surface area (Å²) in [7, 11) is 0. The maximum atomic E-state index is 11.6. The fourth-order valence-corrected chi connectivity index (χ4v) is 1.71. The zero-order valence-corrected chi connectivity index (χ0v) is 12.8. The molecule has 7 nitrogen and oxygen atoms in total. The van der Waals surface area contributed by atoms with Crippen molar-refractivity contribution in [2.24, 2.45) is 5.92 Å². The van der Waals surface area contributed by atoms with Crippen LogP contribution in [0.15, 0.2) is 0 Å². The Hall–Kier alpha value is -1.63. The van der Waals surface area contributed by atoms with Crippen molar-refractivity contribution >= 4 is 17.8 Å². The molecule has 0 aliphatic heterocycles. The Balaban J connectivity index is 2.35. The first kappa shape index (κ1) is 17.4. The highest BCUT2D eigenvalue weighted by atomic mass is 16.6. The minimum atomic E-state index is -1.27. The zero-order chi connectivity index (χ0) is 16.0. The van der Waals surface area contributed by atoms with Gasteiger partial charge in [-0.25, -0.2) is 4.79 Å². The van der Waals surface area contributed by atoms with Gasteiger partial charge >= 0.3 is 11.9 Å². The van der Waals surface area contributed by atoms with E-state index < -0.39 is 29.5 Å². The summed E-state index contributed by atoms with van der Waals surface area (Å²) in [4.78, 5) is 34.3. The van der Waals surface area contributed by atoms with Crippen molar-refractivity contribution in [1.29, 1.82) is 0 Å². The molecule has 1 saturated carbocycles. The monoisotopic (exact) mass is 300 g/mol. The fraction of sp³-hybridized carbons (Fsp3) is 0.786. The van der Waals surface area contributed by atoms with Crippen molar-refractivity contribution in [1.82, 2.24) is 10.6 Å². The van der Waals surface area contributed by atoms with Crippen LogP contribution in [0.2, 0.25) is 0 Å². The molecular formula is C14H24N2O5. The van der Waals surface area contributed by atoms with Crippen LogP contribution in [0, 0.1) is 5.92 Å². The largest absolute Gasteiger partial charge is 0.480 e. The molecule has 0 radical (unpaired) electrons. The van der Waals surface area contributed by atoms with E-state index in [1.165, 1.54) is 12.8 Å². The van der Waals surface area contributed by atoms with E-state index in [1.54, 1.807) is 20.8 Å². The first-order valence-corrected chi connectivity index (χ1v) is 7.12. The Kier molecular flexibility index (Phi) is 6.14. The predicted octanol–water partition coefficient (Wildman–Crippen LogP) is 0.287. The van der Waals surface area contributed by atoms with Crippen LogP contribution in [0.4, 0.5) is 0 Å². The van der Waals surface area contributed by atoms with E-state index in [4.69, 9.17) is 9.84 Å². The number of ether oxygens (including phenoxy) is 1. The lowest BCUT2D eigenvalue weighted by molar-refractivity contribution is -0.158. The van der Waals surface area contributed by atoms with Crippen LogP contribution >= 0.6 is 0 Å². The topological polar surface area (TPSA) is 105 Å². The third-order valence-electron chi connectivity index (χ3n) is 2.84. The second-order valence-corrected chi connectivity index (χ2v) is 6.32. The van der Waals surface area contributed by atoms with Crippen molar-refractivity contribution in [2.45, 2.75) is 51.7 Å². The van der Waals surface area contributed by atoms with Crippen molar-refractivity contribution in [3.63, 3.8) is 0 Å². The molecule has 0 heterocycles. The molecule has 1 amide bonds. The summed E-state index contributed by atoms with van der Waals surface area (Å²) in [5.74, 6) is -1.71. The van der Waals surface area contributed by atoms with Gasteiger partial charge in [-0.1, -0.05) is 0 Å². The number of amides is 1. The number of rotatable bonds is 8. The van der Waals surface area contributed by atoms with Gasteiger partial charge in [0.15, 0.2) is 0 Å². The first-order valence-electron chi connectivity index (χ1n) is 7.12. The smallest absolute Gasteiger partial charge is 0.326 e. The minimum absolute atomic E-state index is 0.0502. The van der Waals surface area contributed by atoms with Crippen LogP contribution in [0.5, 0.6) is 0 Å². The predicted molar refractivity (Wildman–Crippen MR) is 75.6 cm³/mol. The molecule has 1 atom stereocenters. The van der Waals surface area contributed by atoms with Gasteiger partial charge in [-0.3, -0.25) is 9.59 Å². The average molecular weight is 300 g/mol. The van der Waals surface area contributed by atoms with Gasteiger partial charge in [-0.2, -0.15) is 0 Å². The molecule has 1 rings (SSSR count). The summed E-state index contributed by atoms with van der Waals surface area (Å²) in [6, 6.07) is -1.27. The van der Waals surface area contributed by atoms with Crippen LogP contribution in [0.1, 0.15) is 40.0 Å². The Morgan fingerprint density at radius 1 is 1.29 bits per heavy atom. The highest BCUT2D eigenvalue weighted by Gasteiger charge is 2.27. The third-order valence-corrected chi connectivity index (χ3v) is 2.84. The van der Waals surface area contributed by atoms with Gasteiger partial charge < -0.3 is 20.5 Å². The molecule has 21 heavy (non-hydrogen) atoms. The van der Waals surface area contributed by atoms with Gasteiger partial charge in [0.2, 0.25) is 5.91 Å². The molecule has 1 aliphatic carbocycles. The molecule has 1 fully saturated rings. The number of aliphatic carboxylic acids is 1. The van der Waals surface area contributed by atoms with E-state index in [0.29, 0.717) is 5.92 Å². The van der Waals surface area contributed by atoms with E-state index in [0.717, 1.165) is 6.54 Å². The summed E-state index contributed by atoms with van der Waals surface area (Å²) in [5, 5.41) is 14.3. The number of hydrogen-bond donors (Lipinski definition) is 3. The number of carboxylic acids is 1. The number of hydrogen-bond acceptors (Lipinski definition) is 5. The van der Waals surface area contributed by atoms with Gasteiger partial charge in [0.25, 0.3) is 0 Å². The lowest BCUT2D eigenvalue weighted by atomic mass is 10.1. The molecular weight excluding hydrogens is 276 g/mol. The van der Waals surface area contributed by atoms with Gasteiger partial charge in [-0.15, -0.1) is 0 Å². The molecule has 120 valence electrons. The minimum Gasteiger partial charge on any atom is -0.480 e. The summed E-state index contributed by atoms with van der Waals surface area (Å²) in [6.07, 6.45) is 1.96. The van der Waals surface area contributed by atoms with Crippen LogP contribution in [-0.2, 0) is 19.1 Å².